The Morgan fingerprint density at radius 3 is 2.70 bits per heavy atom. The highest BCUT2D eigenvalue weighted by Crippen LogP contribution is 2.27. The summed E-state index contributed by atoms with van der Waals surface area (Å²) in [7, 11) is 1.97. The van der Waals surface area contributed by atoms with Gasteiger partial charge in [-0.25, -0.2) is 4.79 Å². The minimum atomic E-state index is -0.876. The van der Waals surface area contributed by atoms with E-state index in [0.29, 0.717) is 5.56 Å². The van der Waals surface area contributed by atoms with Gasteiger partial charge in [-0.1, -0.05) is 18.2 Å². The maximum absolute atomic E-state index is 11.4. The summed E-state index contributed by atoms with van der Waals surface area (Å²) in [6.45, 7) is 4.08. The van der Waals surface area contributed by atoms with Gasteiger partial charge >= 0.3 is 5.97 Å². The third-order valence-corrected chi connectivity index (χ3v) is 4.46. The third-order valence-electron chi connectivity index (χ3n) is 3.56. The number of carbonyl (C=O) groups is 1. The Labute approximate surface area is 123 Å². The number of nitrogens with zero attached hydrogens (tertiary/aromatic N) is 1. The van der Waals surface area contributed by atoms with Crippen LogP contribution in [0.5, 0.6) is 0 Å². The molecule has 1 N–H and O–H groups in total. The first kappa shape index (κ1) is 14.6. The first-order valence-corrected chi connectivity index (χ1v) is 7.46. The van der Waals surface area contributed by atoms with Crippen molar-refractivity contribution >= 4 is 23.0 Å². The van der Waals surface area contributed by atoms with Crippen LogP contribution in [0.25, 0.3) is 0 Å². The van der Waals surface area contributed by atoms with E-state index in [1.165, 1.54) is 4.88 Å². The Morgan fingerprint density at radius 2 is 2.10 bits per heavy atom. The topological polar surface area (TPSA) is 40.5 Å². The number of aryl methyl sites for hydroxylation is 1. The largest absolute Gasteiger partial charge is 0.478 e. The number of hydrogen-bond acceptors (Lipinski definition) is 3. The molecule has 0 saturated heterocycles. The molecular formula is C16H19NO2S. The van der Waals surface area contributed by atoms with Crippen molar-refractivity contribution in [2.24, 2.45) is 0 Å². The molecule has 0 amide bonds. The Kier molecular flexibility index (Phi) is 4.45. The van der Waals surface area contributed by atoms with Gasteiger partial charge in [-0.05, 0) is 36.9 Å². The number of thiophene rings is 1. The molecule has 0 bridgehead atoms. The zero-order chi connectivity index (χ0) is 14.7. The average molecular weight is 289 g/mol. The van der Waals surface area contributed by atoms with Crippen molar-refractivity contribution in [2.75, 3.05) is 11.9 Å². The van der Waals surface area contributed by atoms with E-state index in [1.807, 2.05) is 26.1 Å². The number of likely N-dealkylation sites (N-methyl/N-ethyl adjacent to an activating group) is 1. The predicted molar refractivity (Wildman–Crippen MR) is 84.0 cm³/mol. The van der Waals surface area contributed by atoms with Crippen LogP contribution >= 0.6 is 11.3 Å². The number of anilines is 1. The normalized spacial score (nSPS) is 12.2. The highest BCUT2D eigenvalue weighted by Gasteiger charge is 2.19. The summed E-state index contributed by atoms with van der Waals surface area (Å²) in [5, 5.41) is 11.4. The minimum absolute atomic E-state index is 0.243. The van der Waals surface area contributed by atoms with Gasteiger partial charge in [0.05, 0.1) is 11.3 Å². The first-order valence-electron chi connectivity index (χ1n) is 6.59. The van der Waals surface area contributed by atoms with E-state index in [1.54, 1.807) is 23.5 Å². The van der Waals surface area contributed by atoms with E-state index in [4.69, 9.17) is 0 Å². The molecule has 0 aliphatic rings. The molecule has 1 atom stereocenters. The molecule has 2 aromatic rings. The number of aromatic carboxylic acids is 1. The number of hydrogen-bond donors (Lipinski definition) is 1. The summed E-state index contributed by atoms with van der Waals surface area (Å²) in [6.07, 6.45) is 0.918. The van der Waals surface area contributed by atoms with Crippen molar-refractivity contribution in [1.29, 1.82) is 0 Å². The van der Waals surface area contributed by atoms with Crippen LogP contribution in [-0.2, 0) is 6.42 Å². The second-order valence-electron chi connectivity index (χ2n) is 5.02. The van der Waals surface area contributed by atoms with Crippen LogP contribution in [0, 0.1) is 6.92 Å². The molecule has 1 aromatic heterocycles. The van der Waals surface area contributed by atoms with Crippen molar-refractivity contribution in [1.82, 2.24) is 0 Å². The SMILES string of the molecule is Cc1cccc(C(=O)O)c1N(C)C(C)Cc1cccs1. The molecule has 3 nitrogen and oxygen atoms in total. The molecule has 106 valence electrons. The van der Waals surface area contributed by atoms with E-state index in [2.05, 4.69) is 23.3 Å². The molecule has 0 spiro atoms. The van der Waals surface area contributed by atoms with Gasteiger partial charge in [0, 0.05) is 24.4 Å². The van der Waals surface area contributed by atoms with Crippen LogP contribution < -0.4 is 4.90 Å². The second kappa shape index (κ2) is 6.09. The molecule has 1 aromatic carbocycles. The second-order valence-corrected chi connectivity index (χ2v) is 6.05. The molecule has 4 heteroatoms. The summed E-state index contributed by atoms with van der Waals surface area (Å²) in [4.78, 5) is 14.8. The summed E-state index contributed by atoms with van der Waals surface area (Å²) >= 11 is 1.74. The molecule has 1 heterocycles. The van der Waals surface area contributed by atoms with Crippen molar-refractivity contribution in [3.05, 3.63) is 51.7 Å². The van der Waals surface area contributed by atoms with Gasteiger partial charge < -0.3 is 10.0 Å². The van der Waals surface area contributed by atoms with Crippen molar-refractivity contribution in [2.45, 2.75) is 26.3 Å². The van der Waals surface area contributed by atoms with E-state index in [0.717, 1.165) is 17.7 Å². The monoisotopic (exact) mass is 289 g/mol. The highest BCUT2D eigenvalue weighted by atomic mass is 32.1. The molecule has 20 heavy (non-hydrogen) atoms. The van der Waals surface area contributed by atoms with Crippen molar-refractivity contribution < 1.29 is 9.90 Å². The lowest BCUT2D eigenvalue weighted by molar-refractivity contribution is 0.0697. The van der Waals surface area contributed by atoms with Crippen molar-refractivity contribution in [3.63, 3.8) is 0 Å². The van der Waals surface area contributed by atoms with Crippen LogP contribution in [0.3, 0.4) is 0 Å². The molecule has 1 unspecified atom stereocenters. The summed E-state index contributed by atoms with van der Waals surface area (Å²) < 4.78 is 0. The van der Waals surface area contributed by atoms with Gasteiger partial charge in [0.1, 0.15) is 0 Å². The van der Waals surface area contributed by atoms with E-state index in [9.17, 15) is 9.90 Å². The molecule has 0 aliphatic carbocycles. The van der Waals surface area contributed by atoms with Crippen LogP contribution in [0.4, 0.5) is 5.69 Å². The maximum atomic E-state index is 11.4. The van der Waals surface area contributed by atoms with Gasteiger partial charge in [0.25, 0.3) is 0 Å². The van der Waals surface area contributed by atoms with Gasteiger partial charge in [-0.15, -0.1) is 11.3 Å². The highest BCUT2D eigenvalue weighted by molar-refractivity contribution is 7.09. The Balaban J connectivity index is 2.28. The fourth-order valence-electron chi connectivity index (χ4n) is 2.38. The number of para-hydroxylation sites is 1. The minimum Gasteiger partial charge on any atom is -0.478 e. The van der Waals surface area contributed by atoms with Gasteiger partial charge in [0.2, 0.25) is 0 Å². The average Bonchev–Trinajstić information content (AvgIpc) is 2.90. The molecule has 0 fully saturated rings. The quantitative estimate of drug-likeness (QED) is 0.909. The molecule has 0 aliphatic heterocycles. The fourth-order valence-corrected chi connectivity index (χ4v) is 3.20. The lowest BCUT2D eigenvalue weighted by Crippen LogP contribution is -2.32. The van der Waals surface area contributed by atoms with Gasteiger partial charge in [-0.2, -0.15) is 0 Å². The molecule has 0 radical (unpaired) electrons. The van der Waals surface area contributed by atoms with E-state index < -0.39 is 5.97 Å². The van der Waals surface area contributed by atoms with Crippen LogP contribution in [0.2, 0.25) is 0 Å². The Bertz CT molecular complexity index is 593. The third kappa shape index (κ3) is 3.02. The lowest BCUT2D eigenvalue weighted by atomic mass is 10.0. The standard InChI is InChI=1S/C16H19NO2S/c1-11-6-4-8-14(16(18)19)15(11)17(3)12(2)10-13-7-5-9-20-13/h4-9,12H,10H2,1-3H3,(H,18,19). The lowest BCUT2D eigenvalue weighted by Gasteiger charge is -2.29. The molecule has 0 saturated carbocycles. The summed E-state index contributed by atoms with van der Waals surface area (Å²) in [5.41, 5.74) is 2.17. The Hall–Kier alpha value is -1.81. The smallest absolute Gasteiger partial charge is 0.337 e. The number of rotatable bonds is 5. The summed E-state index contributed by atoms with van der Waals surface area (Å²) in [5.74, 6) is -0.876. The Morgan fingerprint density at radius 1 is 1.35 bits per heavy atom. The fraction of sp³-hybridized carbons (Fsp3) is 0.312. The van der Waals surface area contributed by atoms with Crippen LogP contribution in [0.1, 0.15) is 27.7 Å². The van der Waals surface area contributed by atoms with Crippen molar-refractivity contribution in [3.8, 4) is 0 Å². The number of carboxylic acid groups (broad SMARTS) is 1. The number of carboxylic acids is 1. The van der Waals surface area contributed by atoms with Gasteiger partial charge in [0.15, 0.2) is 0 Å². The van der Waals surface area contributed by atoms with Gasteiger partial charge in [-0.3, -0.25) is 0 Å². The molecule has 2 rings (SSSR count). The maximum Gasteiger partial charge on any atom is 0.337 e. The number of benzene rings is 1. The first-order chi connectivity index (χ1) is 9.50. The zero-order valence-electron chi connectivity index (χ0n) is 12.0. The van der Waals surface area contributed by atoms with Crippen LogP contribution in [0.15, 0.2) is 35.7 Å². The van der Waals surface area contributed by atoms with Crippen LogP contribution in [-0.4, -0.2) is 24.2 Å². The van der Waals surface area contributed by atoms with E-state index in [-0.39, 0.29) is 6.04 Å². The summed E-state index contributed by atoms with van der Waals surface area (Å²) in [6, 6.07) is 9.82. The van der Waals surface area contributed by atoms with E-state index >= 15 is 0 Å². The zero-order valence-corrected chi connectivity index (χ0v) is 12.8. The predicted octanol–water partition coefficient (Wildman–Crippen LogP) is 3.82. The molecular weight excluding hydrogens is 270 g/mol.